The SMILES string of the molecule is NC(Cl)(ONC(=O)c1ccccc1)C1CN2CCC1CC2. The van der Waals surface area contributed by atoms with Gasteiger partial charge in [-0.15, -0.1) is 0 Å². The Morgan fingerprint density at radius 2 is 2.00 bits per heavy atom. The number of benzene rings is 1. The van der Waals surface area contributed by atoms with Crippen molar-refractivity contribution in [2.24, 2.45) is 17.6 Å². The summed E-state index contributed by atoms with van der Waals surface area (Å²) in [5.41, 5.74) is 9.00. The summed E-state index contributed by atoms with van der Waals surface area (Å²) >= 11 is 6.35. The van der Waals surface area contributed by atoms with Gasteiger partial charge in [-0.1, -0.05) is 29.8 Å². The Hall–Kier alpha value is -1.14. The van der Waals surface area contributed by atoms with Gasteiger partial charge in [0, 0.05) is 18.0 Å². The van der Waals surface area contributed by atoms with Crippen LogP contribution in [0.25, 0.3) is 0 Å². The van der Waals surface area contributed by atoms with Crippen molar-refractivity contribution in [2.75, 3.05) is 19.6 Å². The van der Waals surface area contributed by atoms with E-state index in [1.165, 1.54) is 0 Å². The van der Waals surface area contributed by atoms with Crippen molar-refractivity contribution in [3.8, 4) is 0 Å². The highest BCUT2D eigenvalue weighted by molar-refractivity contribution is 6.22. The normalized spacial score (nSPS) is 30.7. The highest BCUT2D eigenvalue weighted by Gasteiger charge is 2.46. The van der Waals surface area contributed by atoms with Crippen molar-refractivity contribution in [3.63, 3.8) is 0 Å². The molecule has 3 heterocycles. The van der Waals surface area contributed by atoms with Crippen molar-refractivity contribution in [3.05, 3.63) is 35.9 Å². The summed E-state index contributed by atoms with van der Waals surface area (Å²) < 4.78 is 0. The number of hydrogen-bond acceptors (Lipinski definition) is 4. The fourth-order valence-corrected chi connectivity index (χ4v) is 3.55. The number of nitrogens with zero attached hydrogens (tertiary/aromatic N) is 1. The topological polar surface area (TPSA) is 67.6 Å². The van der Waals surface area contributed by atoms with Gasteiger partial charge in [-0.25, -0.2) is 10.3 Å². The van der Waals surface area contributed by atoms with Crippen LogP contribution in [-0.2, 0) is 4.84 Å². The third kappa shape index (κ3) is 3.21. The summed E-state index contributed by atoms with van der Waals surface area (Å²) in [7, 11) is 0. The van der Waals surface area contributed by atoms with Gasteiger partial charge in [0.15, 0.2) is 0 Å². The molecule has 2 unspecified atom stereocenters. The molecule has 1 aromatic rings. The number of nitrogens with two attached hydrogens (primary N) is 1. The Bertz CT molecular complexity index is 501. The molecule has 3 aliphatic heterocycles. The molecule has 2 atom stereocenters. The molecule has 0 spiro atoms. The van der Waals surface area contributed by atoms with Crippen LogP contribution in [0.2, 0.25) is 0 Å². The minimum absolute atomic E-state index is 0.0257. The van der Waals surface area contributed by atoms with Crippen LogP contribution in [0.1, 0.15) is 23.2 Å². The summed E-state index contributed by atoms with van der Waals surface area (Å²) in [5.74, 6) is 0.149. The first-order valence-electron chi connectivity index (χ1n) is 7.30. The second-order valence-electron chi connectivity index (χ2n) is 5.84. The Kier molecular flexibility index (Phi) is 4.17. The molecular weight excluding hydrogens is 290 g/mol. The number of hydrogen-bond donors (Lipinski definition) is 2. The largest absolute Gasteiger partial charge is 0.303 e. The monoisotopic (exact) mass is 309 g/mol. The molecule has 0 aliphatic carbocycles. The quantitative estimate of drug-likeness (QED) is 0.383. The molecule has 5 nitrogen and oxygen atoms in total. The number of carbonyl (C=O) groups excluding carboxylic acids is 1. The van der Waals surface area contributed by atoms with Crippen LogP contribution < -0.4 is 11.2 Å². The first kappa shape index (κ1) is 14.8. The average molecular weight is 310 g/mol. The van der Waals surface area contributed by atoms with Crippen LogP contribution in [0.15, 0.2) is 30.3 Å². The van der Waals surface area contributed by atoms with Gasteiger partial charge in [-0.3, -0.25) is 10.5 Å². The van der Waals surface area contributed by atoms with Gasteiger partial charge >= 0.3 is 0 Å². The zero-order chi connectivity index (χ0) is 14.9. The maximum absolute atomic E-state index is 12.0. The van der Waals surface area contributed by atoms with Crippen LogP contribution >= 0.6 is 11.6 Å². The molecule has 3 N–H and O–H groups in total. The average Bonchev–Trinajstić information content (AvgIpc) is 2.54. The summed E-state index contributed by atoms with van der Waals surface area (Å²) in [6.07, 6.45) is 2.18. The molecule has 3 aliphatic rings. The van der Waals surface area contributed by atoms with E-state index in [1.54, 1.807) is 24.3 Å². The number of halogens is 1. The molecule has 6 heteroatoms. The summed E-state index contributed by atoms with van der Waals surface area (Å²) in [6.45, 7) is 3.03. The van der Waals surface area contributed by atoms with Gasteiger partial charge in [0.1, 0.15) is 0 Å². The molecule has 1 aromatic carbocycles. The Labute approximate surface area is 129 Å². The van der Waals surface area contributed by atoms with Crippen LogP contribution in [0.3, 0.4) is 0 Å². The molecule has 0 radical (unpaired) electrons. The lowest BCUT2D eigenvalue weighted by Crippen LogP contribution is -2.60. The van der Waals surface area contributed by atoms with E-state index in [-0.39, 0.29) is 11.8 Å². The van der Waals surface area contributed by atoms with Gasteiger partial charge < -0.3 is 4.90 Å². The van der Waals surface area contributed by atoms with E-state index in [0.29, 0.717) is 11.5 Å². The fraction of sp³-hybridized carbons (Fsp3) is 0.533. The lowest BCUT2D eigenvalue weighted by molar-refractivity contribution is -0.114. The number of carbonyl (C=O) groups is 1. The van der Waals surface area contributed by atoms with Crippen LogP contribution in [0, 0.1) is 11.8 Å². The molecule has 3 saturated heterocycles. The zero-order valence-electron chi connectivity index (χ0n) is 11.8. The first-order valence-corrected chi connectivity index (χ1v) is 7.67. The van der Waals surface area contributed by atoms with Crippen molar-refractivity contribution < 1.29 is 9.63 Å². The minimum Gasteiger partial charge on any atom is -0.303 e. The number of rotatable bonds is 4. The van der Waals surface area contributed by atoms with Gasteiger partial charge in [-0.2, -0.15) is 0 Å². The van der Waals surface area contributed by atoms with Crippen LogP contribution in [0.4, 0.5) is 0 Å². The maximum Gasteiger partial charge on any atom is 0.274 e. The molecule has 21 heavy (non-hydrogen) atoms. The van der Waals surface area contributed by atoms with Gasteiger partial charge in [0.25, 0.3) is 5.91 Å². The zero-order valence-corrected chi connectivity index (χ0v) is 12.6. The van der Waals surface area contributed by atoms with E-state index in [0.717, 1.165) is 32.5 Å². The van der Waals surface area contributed by atoms with E-state index >= 15 is 0 Å². The van der Waals surface area contributed by atoms with Gasteiger partial charge in [0.05, 0.1) is 0 Å². The van der Waals surface area contributed by atoms with Gasteiger partial charge in [0.2, 0.25) is 5.18 Å². The molecule has 3 fully saturated rings. The highest BCUT2D eigenvalue weighted by Crippen LogP contribution is 2.39. The summed E-state index contributed by atoms with van der Waals surface area (Å²) in [4.78, 5) is 19.7. The Morgan fingerprint density at radius 1 is 1.33 bits per heavy atom. The Balaban J connectivity index is 1.60. The summed E-state index contributed by atoms with van der Waals surface area (Å²) in [5, 5.41) is -1.37. The Morgan fingerprint density at radius 3 is 2.57 bits per heavy atom. The van der Waals surface area contributed by atoms with Crippen molar-refractivity contribution in [1.82, 2.24) is 10.4 Å². The van der Waals surface area contributed by atoms with E-state index in [9.17, 15) is 4.79 Å². The summed E-state index contributed by atoms with van der Waals surface area (Å²) in [6, 6.07) is 8.84. The molecular formula is C15H20ClN3O2. The third-order valence-electron chi connectivity index (χ3n) is 4.50. The van der Waals surface area contributed by atoms with Crippen molar-refractivity contribution in [1.29, 1.82) is 0 Å². The fourth-order valence-electron chi connectivity index (χ4n) is 3.26. The first-order chi connectivity index (χ1) is 10.1. The molecule has 2 bridgehead atoms. The lowest BCUT2D eigenvalue weighted by atomic mass is 9.78. The number of fused-ring (bicyclic) bond motifs is 3. The molecule has 4 rings (SSSR count). The maximum atomic E-state index is 12.0. The van der Waals surface area contributed by atoms with E-state index < -0.39 is 5.18 Å². The van der Waals surface area contributed by atoms with E-state index in [1.807, 2.05) is 6.07 Å². The number of piperidine rings is 3. The minimum atomic E-state index is -1.37. The van der Waals surface area contributed by atoms with E-state index in [2.05, 4.69) is 10.4 Å². The number of alkyl halides is 1. The smallest absolute Gasteiger partial charge is 0.274 e. The molecule has 0 saturated carbocycles. The number of nitrogens with one attached hydrogen (secondary N) is 1. The van der Waals surface area contributed by atoms with E-state index in [4.69, 9.17) is 22.2 Å². The predicted molar refractivity (Wildman–Crippen MR) is 80.4 cm³/mol. The molecule has 1 amide bonds. The lowest BCUT2D eigenvalue weighted by Gasteiger charge is -2.48. The van der Waals surface area contributed by atoms with Crippen molar-refractivity contribution in [2.45, 2.75) is 18.0 Å². The third-order valence-corrected chi connectivity index (χ3v) is 4.86. The number of amides is 1. The second-order valence-corrected chi connectivity index (χ2v) is 6.43. The standard InChI is InChI=1S/C15H20ClN3O2/c16-15(17,13-10-19-8-6-11(13)7-9-19)21-18-14(20)12-4-2-1-3-5-12/h1-5,11,13H,6-10,17H2,(H,18,20). The highest BCUT2D eigenvalue weighted by atomic mass is 35.5. The van der Waals surface area contributed by atoms with Gasteiger partial charge in [-0.05, 0) is 44.0 Å². The number of hydroxylamine groups is 1. The predicted octanol–water partition coefficient (Wildman–Crippen LogP) is 1.54. The van der Waals surface area contributed by atoms with Crippen LogP contribution in [-0.4, -0.2) is 35.6 Å². The van der Waals surface area contributed by atoms with Crippen molar-refractivity contribution >= 4 is 17.5 Å². The molecule has 0 aromatic heterocycles. The second kappa shape index (κ2) is 5.93. The van der Waals surface area contributed by atoms with Crippen LogP contribution in [0.5, 0.6) is 0 Å². The molecule has 114 valence electrons.